The molecule has 6 nitrogen and oxygen atoms in total. The molecular weight excluding hydrogens is 364 g/mol. The molecule has 148 valence electrons. The summed E-state index contributed by atoms with van der Waals surface area (Å²) in [4.78, 5) is 16.4. The maximum atomic E-state index is 11.8. The van der Waals surface area contributed by atoms with E-state index in [0.29, 0.717) is 11.6 Å². The van der Waals surface area contributed by atoms with Crippen molar-refractivity contribution in [2.75, 3.05) is 5.32 Å². The number of nitrogens with two attached hydrogens (primary N) is 1. The maximum Gasteiger partial charge on any atom is 0.294 e. The molecule has 0 spiro atoms. The molecule has 0 aliphatic heterocycles. The summed E-state index contributed by atoms with van der Waals surface area (Å²) in [6.45, 7) is 0. The predicted octanol–water partition coefficient (Wildman–Crippen LogP) is 4.93. The molecule has 0 radical (unpaired) electrons. The molecule has 4 saturated carbocycles. The fourth-order valence-corrected chi connectivity index (χ4v) is 6.87. The zero-order valence-corrected chi connectivity index (χ0v) is 16.2. The van der Waals surface area contributed by atoms with E-state index >= 15 is 0 Å². The number of benzene rings is 2. The highest BCUT2D eigenvalue weighted by atomic mass is 16.6. The third kappa shape index (κ3) is 2.58. The fraction of sp³-hybridized carbons (Fsp3) is 0.435. The average Bonchev–Trinajstić information content (AvgIpc) is 3.06. The largest absolute Gasteiger partial charge is 0.370 e. The van der Waals surface area contributed by atoms with Gasteiger partial charge in [0.05, 0.1) is 10.5 Å². The molecular formula is C23H24N4O2. The first-order chi connectivity index (χ1) is 14.0. The molecule has 0 atom stereocenters. The van der Waals surface area contributed by atoms with Crippen molar-refractivity contribution in [3.8, 4) is 0 Å². The van der Waals surface area contributed by atoms with Gasteiger partial charge in [-0.3, -0.25) is 10.1 Å². The Labute approximate surface area is 169 Å². The number of nitro groups is 1. The van der Waals surface area contributed by atoms with Gasteiger partial charge in [0.2, 0.25) is 0 Å². The highest BCUT2D eigenvalue weighted by Gasteiger charge is 2.51. The number of hydrogen-bond acceptors (Lipinski definition) is 3. The summed E-state index contributed by atoms with van der Waals surface area (Å²) in [7, 11) is 0. The lowest BCUT2D eigenvalue weighted by Crippen LogP contribution is -2.50. The maximum absolute atomic E-state index is 11.8. The minimum atomic E-state index is -0.338. The second-order valence-corrected chi connectivity index (χ2v) is 9.48. The normalized spacial score (nSPS) is 31.6. The fourth-order valence-electron chi connectivity index (χ4n) is 6.87. The van der Waals surface area contributed by atoms with E-state index in [9.17, 15) is 10.1 Å². The van der Waals surface area contributed by atoms with Gasteiger partial charge >= 0.3 is 0 Å². The van der Waals surface area contributed by atoms with Gasteiger partial charge in [-0.15, -0.1) is 0 Å². The minimum Gasteiger partial charge on any atom is -0.370 e. The van der Waals surface area contributed by atoms with E-state index in [1.165, 1.54) is 19.3 Å². The molecule has 6 heteroatoms. The van der Waals surface area contributed by atoms with Crippen molar-refractivity contribution in [3.05, 3.63) is 45.5 Å². The molecule has 0 saturated heterocycles. The quantitative estimate of drug-likeness (QED) is 0.288. The van der Waals surface area contributed by atoms with Gasteiger partial charge in [0.15, 0.2) is 5.96 Å². The second kappa shape index (κ2) is 5.81. The van der Waals surface area contributed by atoms with Gasteiger partial charge in [-0.25, -0.2) is 4.99 Å². The Kier molecular flexibility index (Phi) is 3.41. The molecule has 7 rings (SSSR count). The van der Waals surface area contributed by atoms with Crippen LogP contribution in [0.2, 0.25) is 0 Å². The van der Waals surface area contributed by atoms with E-state index in [1.807, 2.05) is 30.4 Å². The Morgan fingerprint density at radius 2 is 1.76 bits per heavy atom. The Bertz CT molecular complexity index is 1080. The number of guanidine groups is 1. The van der Waals surface area contributed by atoms with E-state index in [1.54, 1.807) is 6.07 Å². The van der Waals surface area contributed by atoms with Crippen molar-refractivity contribution in [1.29, 1.82) is 0 Å². The summed E-state index contributed by atoms with van der Waals surface area (Å²) in [6.07, 6.45) is 11.3. The molecule has 2 aromatic rings. The van der Waals surface area contributed by atoms with Gasteiger partial charge in [0, 0.05) is 11.5 Å². The molecule has 4 fully saturated rings. The van der Waals surface area contributed by atoms with Crippen LogP contribution < -0.4 is 11.1 Å². The van der Waals surface area contributed by atoms with Crippen LogP contribution in [-0.4, -0.2) is 16.4 Å². The van der Waals surface area contributed by atoms with E-state index in [-0.39, 0.29) is 16.1 Å². The van der Waals surface area contributed by atoms with Crippen molar-refractivity contribution >= 4 is 40.3 Å². The number of nitrogens with zero attached hydrogens (tertiary/aromatic N) is 2. The van der Waals surface area contributed by atoms with E-state index < -0.39 is 0 Å². The van der Waals surface area contributed by atoms with Crippen LogP contribution in [0.3, 0.4) is 0 Å². The topological polar surface area (TPSA) is 93.5 Å². The van der Waals surface area contributed by atoms with Gasteiger partial charge in [-0.1, -0.05) is 30.4 Å². The van der Waals surface area contributed by atoms with Gasteiger partial charge in [0.1, 0.15) is 5.69 Å². The smallest absolute Gasteiger partial charge is 0.294 e. The summed E-state index contributed by atoms with van der Waals surface area (Å²) in [5.74, 6) is 2.63. The Morgan fingerprint density at radius 3 is 2.41 bits per heavy atom. The Morgan fingerprint density at radius 1 is 1.10 bits per heavy atom. The van der Waals surface area contributed by atoms with Gasteiger partial charge in [0.25, 0.3) is 5.69 Å². The SMILES string of the molecule is NC(=NC12CC3CC(CC(C3)C1)C2)Nc1c([N+](=O)[O-])cc2c3c(cccc13)C=C2. The Hall–Kier alpha value is -2.89. The molecule has 4 bridgehead atoms. The van der Waals surface area contributed by atoms with E-state index in [0.717, 1.165) is 58.9 Å². The van der Waals surface area contributed by atoms with Crippen molar-refractivity contribution < 1.29 is 4.92 Å². The van der Waals surface area contributed by atoms with Crippen LogP contribution >= 0.6 is 0 Å². The first-order valence-electron chi connectivity index (χ1n) is 10.5. The molecule has 29 heavy (non-hydrogen) atoms. The number of nitro benzene ring substituents is 1. The molecule has 0 heterocycles. The summed E-state index contributed by atoms with van der Waals surface area (Å²) >= 11 is 0. The first kappa shape index (κ1) is 17.0. The molecule has 5 aliphatic rings. The highest BCUT2D eigenvalue weighted by Crippen LogP contribution is 2.57. The number of nitrogens with one attached hydrogen (secondary N) is 1. The van der Waals surface area contributed by atoms with Crippen LogP contribution in [0.4, 0.5) is 11.4 Å². The predicted molar refractivity (Wildman–Crippen MR) is 116 cm³/mol. The van der Waals surface area contributed by atoms with Crippen LogP contribution in [0.1, 0.15) is 49.7 Å². The van der Waals surface area contributed by atoms with Crippen LogP contribution in [-0.2, 0) is 0 Å². The van der Waals surface area contributed by atoms with Crippen LogP contribution in [0.15, 0.2) is 29.3 Å². The van der Waals surface area contributed by atoms with Crippen LogP contribution in [0, 0.1) is 27.9 Å². The van der Waals surface area contributed by atoms with Crippen molar-refractivity contribution in [1.82, 2.24) is 0 Å². The number of anilines is 1. The standard InChI is InChI=1S/C23H24N4O2/c24-22(26-23-10-13-6-14(11-23)8-15(7-13)12-23)25-21-18-3-1-2-16-4-5-17(20(16)18)9-19(21)27(28)29/h1-5,9,13-15H,6-8,10-12H2,(H3,24,25,26). The zero-order chi connectivity index (χ0) is 19.8. The minimum absolute atomic E-state index is 0.0415. The van der Waals surface area contributed by atoms with Crippen molar-refractivity contribution in [2.45, 2.75) is 44.1 Å². The number of hydrogen-bond donors (Lipinski definition) is 2. The Balaban J connectivity index is 1.41. The highest BCUT2D eigenvalue weighted by molar-refractivity contribution is 6.14. The molecule has 5 aliphatic carbocycles. The van der Waals surface area contributed by atoms with Gasteiger partial charge < -0.3 is 11.1 Å². The zero-order valence-electron chi connectivity index (χ0n) is 16.2. The summed E-state index contributed by atoms with van der Waals surface area (Å²) in [6, 6.07) is 7.51. The van der Waals surface area contributed by atoms with Crippen molar-refractivity contribution in [3.63, 3.8) is 0 Å². The lowest BCUT2D eigenvalue weighted by atomic mass is 9.53. The van der Waals surface area contributed by atoms with Gasteiger partial charge in [-0.2, -0.15) is 0 Å². The van der Waals surface area contributed by atoms with Gasteiger partial charge in [-0.05, 0) is 72.8 Å². The molecule has 2 aromatic carbocycles. The summed E-state index contributed by atoms with van der Waals surface area (Å²) in [5, 5.41) is 16.8. The lowest BCUT2D eigenvalue weighted by molar-refractivity contribution is -0.383. The molecule has 0 unspecified atom stereocenters. The molecule has 0 amide bonds. The average molecular weight is 388 g/mol. The third-order valence-electron chi connectivity index (χ3n) is 7.46. The number of aliphatic imine (C=N–C) groups is 1. The van der Waals surface area contributed by atoms with Crippen LogP contribution in [0.5, 0.6) is 0 Å². The lowest BCUT2D eigenvalue weighted by Gasteiger charge is -2.54. The van der Waals surface area contributed by atoms with E-state index in [4.69, 9.17) is 10.7 Å². The van der Waals surface area contributed by atoms with Crippen LogP contribution in [0.25, 0.3) is 22.9 Å². The monoisotopic (exact) mass is 388 g/mol. The third-order valence-corrected chi connectivity index (χ3v) is 7.46. The van der Waals surface area contributed by atoms with E-state index in [2.05, 4.69) is 5.32 Å². The summed E-state index contributed by atoms with van der Waals surface area (Å²) in [5.41, 5.74) is 8.75. The molecule has 0 aromatic heterocycles. The first-order valence-corrected chi connectivity index (χ1v) is 10.5. The summed E-state index contributed by atoms with van der Waals surface area (Å²) < 4.78 is 0. The number of rotatable bonds is 3. The molecule has 3 N–H and O–H groups in total. The van der Waals surface area contributed by atoms with Crippen molar-refractivity contribution in [2.24, 2.45) is 28.5 Å². The second-order valence-electron chi connectivity index (χ2n) is 9.48.